The second-order valence-corrected chi connectivity index (χ2v) is 6.72. The van der Waals surface area contributed by atoms with Gasteiger partial charge in [0.05, 0.1) is 10.9 Å². The number of para-hydroxylation sites is 1. The zero-order chi connectivity index (χ0) is 16.6. The van der Waals surface area contributed by atoms with E-state index in [9.17, 15) is 13.2 Å². The van der Waals surface area contributed by atoms with Gasteiger partial charge in [-0.3, -0.25) is 9.08 Å². The van der Waals surface area contributed by atoms with Crippen LogP contribution in [0.4, 0.5) is 0 Å². The molecule has 0 atom stereocenters. The third-order valence-electron chi connectivity index (χ3n) is 3.17. The van der Waals surface area contributed by atoms with Gasteiger partial charge in [-0.1, -0.05) is 23.7 Å². The summed E-state index contributed by atoms with van der Waals surface area (Å²) in [6, 6.07) is 12.1. The summed E-state index contributed by atoms with van der Waals surface area (Å²) >= 11 is 5.74. The van der Waals surface area contributed by atoms with Crippen molar-refractivity contribution < 1.29 is 12.7 Å². The molecule has 0 aliphatic rings. The lowest BCUT2D eigenvalue weighted by atomic mass is 10.2. The van der Waals surface area contributed by atoms with Crippen LogP contribution in [0.1, 0.15) is 5.82 Å². The van der Waals surface area contributed by atoms with E-state index in [2.05, 4.69) is 4.98 Å². The van der Waals surface area contributed by atoms with Gasteiger partial charge in [-0.15, -0.1) is 4.73 Å². The lowest BCUT2D eigenvalue weighted by molar-refractivity contribution is 0.257. The Balaban J connectivity index is 2.11. The predicted octanol–water partition coefficient (Wildman–Crippen LogP) is 2.18. The fourth-order valence-corrected chi connectivity index (χ4v) is 3.11. The molecule has 0 amide bonds. The van der Waals surface area contributed by atoms with Crippen LogP contribution in [0.5, 0.6) is 0 Å². The number of halogens is 1. The van der Waals surface area contributed by atoms with Gasteiger partial charge in [0.15, 0.2) is 0 Å². The third-order valence-corrected chi connectivity index (χ3v) is 4.62. The molecule has 0 fully saturated rings. The summed E-state index contributed by atoms with van der Waals surface area (Å²) in [5.74, 6) is 0.131. The van der Waals surface area contributed by atoms with Gasteiger partial charge in [-0.05, 0) is 43.3 Å². The molecule has 0 aliphatic heterocycles. The molecule has 0 bridgehead atoms. The van der Waals surface area contributed by atoms with Crippen molar-refractivity contribution in [2.75, 3.05) is 0 Å². The first-order chi connectivity index (χ1) is 10.9. The molecule has 0 unspecified atom stereocenters. The maximum atomic E-state index is 12.4. The van der Waals surface area contributed by atoms with E-state index in [1.807, 2.05) is 0 Å². The standard InChI is InChI=1S/C15H11ClN2O4S/c1-10-17-14-5-3-2-4-13(14)15(19)18(10)22-23(20,21)12-8-6-11(16)7-9-12/h2-9H,1H3. The molecule has 23 heavy (non-hydrogen) atoms. The minimum atomic E-state index is -4.18. The van der Waals surface area contributed by atoms with E-state index >= 15 is 0 Å². The van der Waals surface area contributed by atoms with Crippen molar-refractivity contribution >= 4 is 32.6 Å². The van der Waals surface area contributed by atoms with Crippen LogP contribution in [0.2, 0.25) is 5.02 Å². The monoisotopic (exact) mass is 350 g/mol. The summed E-state index contributed by atoms with van der Waals surface area (Å²) in [6.07, 6.45) is 0. The van der Waals surface area contributed by atoms with Crippen molar-refractivity contribution in [1.82, 2.24) is 9.71 Å². The molecule has 8 heteroatoms. The van der Waals surface area contributed by atoms with Crippen molar-refractivity contribution in [1.29, 1.82) is 0 Å². The number of nitrogens with zero attached hydrogens (tertiary/aromatic N) is 2. The summed E-state index contributed by atoms with van der Waals surface area (Å²) in [4.78, 5) is 16.5. The molecular weight excluding hydrogens is 340 g/mol. The Kier molecular flexibility index (Phi) is 3.83. The van der Waals surface area contributed by atoms with Crippen LogP contribution < -0.4 is 9.84 Å². The minimum Gasteiger partial charge on any atom is -0.279 e. The maximum absolute atomic E-state index is 12.4. The molecule has 0 saturated heterocycles. The van der Waals surface area contributed by atoms with E-state index in [1.54, 1.807) is 24.3 Å². The molecule has 3 aromatic rings. The van der Waals surface area contributed by atoms with Crippen LogP contribution in [0.25, 0.3) is 10.9 Å². The van der Waals surface area contributed by atoms with Crippen molar-refractivity contribution in [3.63, 3.8) is 0 Å². The van der Waals surface area contributed by atoms with E-state index in [0.29, 0.717) is 15.3 Å². The topological polar surface area (TPSA) is 78.3 Å². The van der Waals surface area contributed by atoms with Crippen molar-refractivity contribution in [2.24, 2.45) is 0 Å². The Bertz CT molecular complexity index is 1040. The Morgan fingerprint density at radius 2 is 1.74 bits per heavy atom. The summed E-state index contributed by atoms with van der Waals surface area (Å²) < 4.78 is 30.2. The lowest BCUT2D eigenvalue weighted by Crippen LogP contribution is -2.33. The molecule has 0 aliphatic carbocycles. The van der Waals surface area contributed by atoms with Gasteiger partial charge in [0, 0.05) is 5.02 Å². The van der Waals surface area contributed by atoms with Crippen molar-refractivity contribution in [2.45, 2.75) is 11.8 Å². The van der Waals surface area contributed by atoms with Crippen LogP contribution in [0.3, 0.4) is 0 Å². The molecule has 1 heterocycles. The van der Waals surface area contributed by atoms with E-state index in [-0.39, 0.29) is 16.1 Å². The number of hydrogen-bond acceptors (Lipinski definition) is 5. The Morgan fingerprint density at radius 1 is 1.09 bits per heavy atom. The molecule has 1 aromatic heterocycles. The number of hydrogen-bond donors (Lipinski definition) is 0. The quantitative estimate of drug-likeness (QED) is 0.723. The van der Waals surface area contributed by atoms with Gasteiger partial charge in [-0.2, -0.15) is 8.42 Å². The van der Waals surface area contributed by atoms with Crippen molar-refractivity contribution in [3.05, 3.63) is 69.7 Å². The highest BCUT2D eigenvalue weighted by Gasteiger charge is 2.20. The maximum Gasteiger partial charge on any atom is 0.357 e. The van der Waals surface area contributed by atoms with Crippen LogP contribution in [-0.4, -0.2) is 18.1 Å². The Labute approximate surface area is 137 Å². The van der Waals surface area contributed by atoms with Gasteiger partial charge >= 0.3 is 10.1 Å². The lowest BCUT2D eigenvalue weighted by Gasteiger charge is -2.11. The highest BCUT2D eigenvalue weighted by Crippen LogP contribution is 2.15. The third kappa shape index (κ3) is 2.93. The highest BCUT2D eigenvalue weighted by molar-refractivity contribution is 7.87. The zero-order valence-electron chi connectivity index (χ0n) is 11.9. The zero-order valence-corrected chi connectivity index (χ0v) is 13.5. The smallest absolute Gasteiger partial charge is 0.279 e. The summed E-state index contributed by atoms with van der Waals surface area (Å²) in [5, 5.41) is 0.661. The average Bonchev–Trinajstić information content (AvgIpc) is 2.52. The van der Waals surface area contributed by atoms with Crippen LogP contribution >= 0.6 is 11.6 Å². The van der Waals surface area contributed by atoms with E-state index in [0.717, 1.165) is 0 Å². The number of rotatable bonds is 3. The van der Waals surface area contributed by atoms with Gasteiger partial charge < -0.3 is 0 Å². The molecule has 3 rings (SSSR count). The Hall–Kier alpha value is -2.38. The van der Waals surface area contributed by atoms with E-state index < -0.39 is 15.7 Å². The summed E-state index contributed by atoms with van der Waals surface area (Å²) in [7, 11) is -4.18. The first kappa shape index (κ1) is 15.5. The first-order valence-electron chi connectivity index (χ1n) is 6.57. The number of fused-ring (bicyclic) bond motifs is 1. The van der Waals surface area contributed by atoms with Crippen LogP contribution in [0, 0.1) is 6.92 Å². The number of benzene rings is 2. The number of aromatic nitrogens is 2. The second kappa shape index (κ2) is 5.68. The molecule has 0 spiro atoms. The Morgan fingerprint density at radius 3 is 2.43 bits per heavy atom. The highest BCUT2D eigenvalue weighted by atomic mass is 35.5. The summed E-state index contributed by atoms with van der Waals surface area (Å²) in [5.41, 5.74) is -0.121. The molecule has 118 valence electrons. The summed E-state index contributed by atoms with van der Waals surface area (Å²) in [6.45, 7) is 1.49. The normalized spacial score (nSPS) is 11.6. The van der Waals surface area contributed by atoms with Gasteiger partial charge in [0.25, 0.3) is 5.56 Å². The van der Waals surface area contributed by atoms with Gasteiger partial charge in [0.1, 0.15) is 10.7 Å². The molecule has 0 N–H and O–H groups in total. The number of aryl methyl sites for hydroxylation is 1. The fraction of sp³-hybridized carbons (Fsp3) is 0.0667. The predicted molar refractivity (Wildman–Crippen MR) is 86.0 cm³/mol. The molecule has 0 radical (unpaired) electrons. The van der Waals surface area contributed by atoms with E-state index in [4.69, 9.17) is 15.9 Å². The van der Waals surface area contributed by atoms with Gasteiger partial charge in [0.2, 0.25) is 0 Å². The first-order valence-corrected chi connectivity index (χ1v) is 8.36. The van der Waals surface area contributed by atoms with E-state index in [1.165, 1.54) is 31.2 Å². The largest absolute Gasteiger partial charge is 0.357 e. The average molecular weight is 351 g/mol. The SMILES string of the molecule is Cc1nc2ccccc2c(=O)n1OS(=O)(=O)c1ccc(Cl)cc1. The molecule has 6 nitrogen and oxygen atoms in total. The second-order valence-electron chi connectivity index (χ2n) is 4.76. The van der Waals surface area contributed by atoms with Crippen LogP contribution in [0.15, 0.2) is 58.2 Å². The molecule has 2 aromatic carbocycles. The van der Waals surface area contributed by atoms with Crippen molar-refractivity contribution in [3.8, 4) is 0 Å². The van der Waals surface area contributed by atoms with Gasteiger partial charge in [-0.25, -0.2) is 4.98 Å². The molecular formula is C15H11ClN2O4S. The fourth-order valence-electron chi connectivity index (χ4n) is 2.06. The minimum absolute atomic E-state index is 0.110. The van der Waals surface area contributed by atoms with Crippen LogP contribution in [-0.2, 0) is 10.1 Å². The molecule has 0 saturated carbocycles.